The van der Waals surface area contributed by atoms with Gasteiger partial charge in [-0.2, -0.15) is 0 Å². The van der Waals surface area contributed by atoms with Crippen molar-refractivity contribution in [2.24, 2.45) is 0 Å². The van der Waals surface area contributed by atoms with Crippen LogP contribution in [-0.4, -0.2) is 5.11 Å². The first-order chi connectivity index (χ1) is 10.1. The first-order valence-corrected chi connectivity index (χ1v) is 7.44. The van der Waals surface area contributed by atoms with Gasteiger partial charge in [0.25, 0.3) is 0 Å². The molecule has 1 nitrogen and oxygen atoms in total. The molecule has 1 N–H and O–H groups in total. The zero-order valence-corrected chi connectivity index (χ0v) is 12.3. The summed E-state index contributed by atoms with van der Waals surface area (Å²) in [6, 6.07) is 16.6. The van der Waals surface area contributed by atoms with E-state index in [1.54, 1.807) is 0 Å². The maximum Gasteiger partial charge on any atom is 0.113 e. The monoisotopic (exact) mass is 274 g/mol. The Morgan fingerprint density at radius 1 is 0.905 bits per heavy atom. The van der Waals surface area contributed by atoms with Gasteiger partial charge in [-0.15, -0.1) is 0 Å². The molecule has 0 aromatic heterocycles. The zero-order chi connectivity index (χ0) is 14.6. The van der Waals surface area contributed by atoms with Crippen LogP contribution < -0.4 is 0 Å². The Labute approximate surface area is 125 Å². The molecule has 4 rings (SSSR count). The van der Waals surface area contributed by atoms with E-state index in [1.807, 2.05) is 25.1 Å². The second-order valence-corrected chi connectivity index (χ2v) is 6.17. The summed E-state index contributed by atoms with van der Waals surface area (Å²) in [5.41, 5.74) is 6.01. The van der Waals surface area contributed by atoms with Gasteiger partial charge in [-0.3, -0.25) is 0 Å². The molecule has 104 valence electrons. The van der Waals surface area contributed by atoms with Gasteiger partial charge in [0.2, 0.25) is 0 Å². The Balaban J connectivity index is 2.03. The lowest BCUT2D eigenvalue weighted by Gasteiger charge is -2.39. The molecule has 0 saturated heterocycles. The van der Waals surface area contributed by atoms with Crippen molar-refractivity contribution in [3.05, 3.63) is 81.9 Å². The predicted octanol–water partition coefficient (Wildman–Crippen LogP) is 4.49. The third kappa shape index (κ3) is 1.68. The summed E-state index contributed by atoms with van der Waals surface area (Å²) in [6.45, 7) is 4.13. The minimum atomic E-state index is -0.928. The highest BCUT2D eigenvalue weighted by Crippen LogP contribution is 2.49. The van der Waals surface area contributed by atoms with E-state index < -0.39 is 5.60 Å². The van der Waals surface area contributed by atoms with Gasteiger partial charge >= 0.3 is 0 Å². The van der Waals surface area contributed by atoms with Crippen LogP contribution in [0.25, 0.3) is 12.2 Å². The molecule has 0 spiro atoms. The molecule has 0 aliphatic heterocycles. The Morgan fingerprint density at radius 3 is 2.38 bits per heavy atom. The van der Waals surface area contributed by atoms with Gasteiger partial charge in [0.05, 0.1) is 0 Å². The van der Waals surface area contributed by atoms with Crippen LogP contribution in [0, 0.1) is 0 Å². The maximum absolute atomic E-state index is 11.2. The van der Waals surface area contributed by atoms with Gasteiger partial charge in [-0.25, -0.2) is 0 Å². The summed E-state index contributed by atoms with van der Waals surface area (Å²) in [7, 11) is 0. The maximum atomic E-state index is 11.2. The third-order valence-corrected chi connectivity index (χ3v) is 4.86. The lowest BCUT2D eigenvalue weighted by atomic mass is 9.68. The molecule has 2 aromatic carbocycles. The van der Waals surface area contributed by atoms with Crippen LogP contribution in [0.3, 0.4) is 0 Å². The molecular formula is C20H18O. The lowest BCUT2D eigenvalue weighted by Crippen LogP contribution is -2.31. The summed E-state index contributed by atoms with van der Waals surface area (Å²) in [5.74, 6) is 0.307. The highest BCUT2D eigenvalue weighted by Gasteiger charge is 2.39. The molecule has 0 amide bonds. The van der Waals surface area contributed by atoms with Crippen LogP contribution in [-0.2, 0) is 5.60 Å². The van der Waals surface area contributed by atoms with Gasteiger partial charge in [-0.05, 0) is 46.4 Å². The average Bonchev–Trinajstić information content (AvgIpc) is 2.49. The van der Waals surface area contributed by atoms with Gasteiger partial charge in [0.1, 0.15) is 5.60 Å². The molecule has 2 aliphatic rings. The SMILES string of the molecule is CC1C2=Cc3ccccc3C(C)(O)C2=Cc2ccccc21. The van der Waals surface area contributed by atoms with E-state index in [-0.39, 0.29) is 0 Å². The summed E-state index contributed by atoms with van der Waals surface area (Å²) in [6.07, 6.45) is 4.39. The van der Waals surface area contributed by atoms with Crippen LogP contribution >= 0.6 is 0 Å². The van der Waals surface area contributed by atoms with Crippen LogP contribution in [0.4, 0.5) is 0 Å². The summed E-state index contributed by atoms with van der Waals surface area (Å²) in [5, 5.41) is 11.2. The fourth-order valence-corrected chi connectivity index (χ4v) is 3.68. The number of benzene rings is 2. The van der Waals surface area contributed by atoms with Crippen molar-refractivity contribution >= 4 is 12.2 Å². The third-order valence-electron chi connectivity index (χ3n) is 4.86. The second kappa shape index (κ2) is 4.19. The molecule has 0 fully saturated rings. The van der Waals surface area contributed by atoms with E-state index >= 15 is 0 Å². The van der Waals surface area contributed by atoms with Gasteiger partial charge in [0, 0.05) is 5.92 Å². The van der Waals surface area contributed by atoms with E-state index in [4.69, 9.17) is 0 Å². The van der Waals surface area contributed by atoms with Crippen LogP contribution in [0.5, 0.6) is 0 Å². The minimum Gasteiger partial charge on any atom is -0.381 e. The number of rotatable bonds is 0. The smallest absolute Gasteiger partial charge is 0.113 e. The molecule has 2 atom stereocenters. The van der Waals surface area contributed by atoms with Crippen molar-refractivity contribution in [1.29, 1.82) is 0 Å². The molecule has 0 radical (unpaired) electrons. The van der Waals surface area contributed by atoms with Crippen molar-refractivity contribution in [3.63, 3.8) is 0 Å². The standard InChI is InChI=1S/C20H18O/c1-13-16-9-5-3-7-14(16)12-19-17(13)11-15-8-4-6-10-18(15)20(19,2)21/h3-13,21H,1-2H3. The number of aliphatic hydroxyl groups is 1. The molecule has 0 heterocycles. The van der Waals surface area contributed by atoms with Crippen molar-refractivity contribution < 1.29 is 5.11 Å². The number of hydrogen-bond donors (Lipinski definition) is 1. The fraction of sp³-hybridized carbons (Fsp3) is 0.200. The summed E-state index contributed by atoms with van der Waals surface area (Å²) >= 11 is 0. The molecular weight excluding hydrogens is 256 g/mol. The van der Waals surface area contributed by atoms with E-state index in [1.165, 1.54) is 16.7 Å². The molecule has 2 aromatic rings. The van der Waals surface area contributed by atoms with Crippen molar-refractivity contribution in [3.8, 4) is 0 Å². The molecule has 0 bridgehead atoms. The topological polar surface area (TPSA) is 20.2 Å². The molecule has 1 heteroatoms. The van der Waals surface area contributed by atoms with Crippen molar-refractivity contribution in [2.45, 2.75) is 25.4 Å². The number of hydrogen-bond acceptors (Lipinski definition) is 1. The molecule has 2 aliphatic carbocycles. The fourth-order valence-electron chi connectivity index (χ4n) is 3.68. The van der Waals surface area contributed by atoms with Gasteiger partial charge in [0.15, 0.2) is 0 Å². The van der Waals surface area contributed by atoms with Crippen LogP contribution in [0.2, 0.25) is 0 Å². The van der Waals surface area contributed by atoms with Crippen LogP contribution in [0.15, 0.2) is 59.7 Å². The van der Waals surface area contributed by atoms with E-state index in [9.17, 15) is 5.11 Å². The van der Waals surface area contributed by atoms with Crippen molar-refractivity contribution in [1.82, 2.24) is 0 Å². The summed E-state index contributed by atoms with van der Waals surface area (Å²) in [4.78, 5) is 0. The Hall–Kier alpha value is -2.12. The Kier molecular flexibility index (Phi) is 2.51. The summed E-state index contributed by atoms with van der Waals surface area (Å²) < 4.78 is 0. The quantitative estimate of drug-likeness (QED) is 0.750. The largest absolute Gasteiger partial charge is 0.381 e. The highest BCUT2D eigenvalue weighted by molar-refractivity contribution is 5.80. The van der Waals surface area contributed by atoms with Crippen molar-refractivity contribution in [2.75, 3.05) is 0 Å². The van der Waals surface area contributed by atoms with Gasteiger partial charge < -0.3 is 5.11 Å². The van der Waals surface area contributed by atoms with E-state index in [0.717, 1.165) is 16.7 Å². The zero-order valence-electron chi connectivity index (χ0n) is 12.3. The molecule has 21 heavy (non-hydrogen) atoms. The second-order valence-electron chi connectivity index (χ2n) is 6.17. The molecule has 2 unspecified atom stereocenters. The Morgan fingerprint density at radius 2 is 1.57 bits per heavy atom. The normalized spacial score (nSPS) is 26.1. The average molecular weight is 274 g/mol. The Bertz CT molecular complexity index is 793. The van der Waals surface area contributed by atoms with E-state index in [0.29, 0.717) is 5.92 Å². The highest BCUT2D eigenvalue weighted by atomic mass is 16.3. The lowest BCUT2D eigenvalue weighted by molar-refractivity contribution is 0.0988. The predicted molar refractivity (Wildman–Crippen MR) is 86.8 cm³/mol. The number of fused-ring (bicyclic) bond motifs is 3. The van der Waals surface area contributed by atoms with Gasteiger partial charge in [-0.1, -0.05) is 61.5 Å². The minimum absolute atomic E-state index is 0.307. The van der Waals surface area contributed by atoms with E-state index in [2.05, 4.69) is 49.4 Å². The van der Waals surface area contributed by atoms with Crippen LogP contribution in [0.1, 0.15) is 42.0 Å². The molecule has 0 saturated carbocycles. The first-order valence-electron chi connectivity index (χ1n) is 7.44. The first kappa shape index (κ1) is 12.6.